The highest BCUT2D eigenvalue weighted by molar-refractivity contribution is 5.80. The Hall–Kier alpha value is -2.38. The van der Waals surface area contributed by atoms with Crippen LogP contribution in [0, 0.1) is 0 Å². The minimum absolute atomic E-state index is 0.0256. The summed E-state index contributed by atoms with van der Waals surface area (Å²) in [5.74, 6) is 0.956. The third-order valence-corrected chi connectivity index (χ3v) is 6.64. The predicted molar refractivity (Wildman–Crippen MR) is 124 cm³/mol. The molecule has 1 saturated heterocycles. The van der Waals surface area contributed by atoms with Crippen molar-refractivity contribution in [1.29, 1.82) is 0 Å². The number of ether oxygens (including phenoxy) is 1. The average Bonchev–Trinajstić information content (AvgIpc) is 3.44. The number of benzene rings is 1. The van der Waals surface area contributed by atoms with E-state index in [0.29, 0.717) is 12.6 Å². The number of morpholine rings is 1. The first-order valence-corrected chi connectivity index (χ1v) is 11.5. The Balaban J connectivity index is 1.39. The molecule has 168 valence electrons. The second-order valence-electron chi connectivity index (χ2n) is 8.92. The van der Waals surface area contributed by atoms with Gasteiger partial charge < -0.3 is 20.3 Å². The zero-order valence-corrected chi connectivity index (χ0v) is 19.1. The van der Waals surface area contributed by atoms with Gasteiger partial charge >= 0.3 is 0 Å². The molecule has 0 bridgehead atoms. The first kappa shape index (κ1) is 21.8. The fourth-order valence-electron chi connectivity index (χ4n) is 4.94. The molecule has 31 heavy (non-hydrogen) atoms. The van der Waals surface area contributed by atoms with E-state index < -0.39 is 0 Å². The molecule has 7 nitrogen and oxygen atoms in total. The first-order chi connectivity index (χ1) is 15.1. The lowest BCUT2D eigenvalue weighted by Gasteiger charge is -2.38. The van der Waals surface area contributed by atoms with E-state index in [4.69, 9.17) is 4.74 Å². The Morgan fingerprint density at radius 2 is 2.06 bits per heavy atom. The topological polar surface area (TPSA) is 66.7 Å². The number of nitrogens with one attached hydrogen (secondary N) is 2. The van der Waals surface area contributed by atoms with E-state index in [9.17, 15) is 0 Å². The smallest absolute Gasteiger partial charge is 0.193 e. The SMILES string of the molecule is CN=C(NCC1(NC(C)c2ccccc2)CCCC1)N1CCOC(c2cnn(C)c2)C1. The van der Waals surface area contributed by atoms with Gasteiger partial charge in [0.15, 0.2) is 5.96 Å². The molecule has 2 N–H and O–H groups in total. The minimum Gasteiger partial charge on any atom is -0.370 e. The van der Waals surface area contributed by atoms with Crippen LogP contribution in [0.25, 0.3) is 0 Å². The zero-order chi connectivity index (χ0) is 21.7. The maximum atomic E-state index is 6.01. The highest BCUT2D eigenvalue weighted by atomic mass is 16.5. The van der Waals surface area contributed by atoms with Crippen LogP contribution >= 0.6 is 0 Å². The molecule has 2 fully saturated rings. The standard InChI is InChI=1S/C24H36N6O/c1-19(20-9-5-4-6-10-20)28-24(11-7-8-12-24)18-26-23(25-2)30-13-14-31-22(17-30)21-15-27-29(3)16-21/h4-6,9-10,15-16,19,22,28H,7-8,11-14,17-18H2,1-3H3,(H,25,26). The molecule has 2 atom stereocenters. The third-order valence-electron chi connectivity index (χ3n) is 6.64. The number of hydrogen-bond acceptors (Lipinski definition) is 4. The maximum Gasteiger partial charge on any atom is 0.193 e. The van der Waals surface area contributed by atoms with Crippen LogP contribution in [0.3, 0.4) is 0 Å². The highest BCUT2D eigenvalue weighted by Gasteiger charge is 2.36. The maximum absolute atomic E-state index is 6.01. The molecule has 2 aromatic rings. The van der Waals surface area contributed by atoms with Gasteiger partial charge in [-0.15, -0.1) is 0 Å². The van der Waals surface area contributed by atoms with E-state index in [1.165, 1.54) is 31.2 Å². The van der Waals surface area contributed by atoms with Crippen molar-refractivity contribution in [3.8, 4) is 0 Å². The fourth-order valence-corrected chi connectivity index (χ4v) is 4.94. The summed E-state index contributed by atoms with van der Waals surface area (Å²) < 4.78 is 7.84. The minimum atomic E-state index is 0.0256. The number of aromatic nitrogens is 2. The van der Waals surface area contributed by atoms with Gasteiger partial charge in [0.25, 0.3) is 0 Å². The Morgan fingerprint density at radius 1 is 1.29 bits per heavy atom. The van der Waals surface area contributed by atoms with E-state index >= 15 is 0 Å². The fraction of sp³-hybridized carbons (Fsp3) is 0.583. The largest absolute Gasteiger partial charge is 0.370 e. The Kier molecular flexibility index (Phi) is 6.92. The van der Waals surface area contributed by atoms with Crippen LogP contribution in [-0.2, 0) is 11.8 Å². The van der Waals surface area contributed by atoms with Gasteiger partial charge in [-0.05, 0) is 25.3 Å². The van der Waals surface area contributed by atoms with Crippen LogP contribution in [0.15, 0.2) is 47.7 Å². The molecule has 4 rings (SSSR count). The summed E-state index contributed by atoms with van der Waals surface area (Å²) >= 11 is 0. The summed E-state index contributed by atoms with van der Waals surface area (Å²) in [7, 11) is 3.81. The number of nitrogens with zero attached hydrogens (tertiary/aromatic N) is 4. The van der Waals surface area contributed by atoms with Crippen LogP contribution in [0.1, 0.15) is 55.9 Å². The molecule has 1 aromatic heterocycles. The lowest BCUT2D eigenvalue weighted by atomic mass is 9.94. The normalized spacial score (nSPS) is 22.5. The van der Waals surface area contributed by atoms with E-state index in [2.05, 4.69) is 62.9 Å². The van der Waals surface area contributed by atoms with Crippen LogP contribution in [0.2, 0.25) is 0 Å². The van der Waals surface area contributed by atoms with Gasteiger partial charge in [0.2, 0.25) is 0 Å². The van der Waals surface area contributed by atoms with Crippen LogP contribution in [0.5, 0.6) is 0 Å². The zero-order valence-electron chi connectivity index (χ0n) is 19.1. The molecule has 1 aliphatic carbocycles. The summed E-state index contributed by atoms with van der Waals surface area (Å²) in [6.07, 6.45) is 8.88. The molecule has 1 saturated carbocycles. The summed E-state index contributed by atoms with van der Waals surface area (Å²) in [4.78, 5) is 6.91. The van der Waals surface area contributed by atoms with Crippen LogP contribution < -0.4 is 10.6 Å². The molecular weight excluding hydrogens is 388 g/mol. The number of aliphatic imine (C=N–C) groups is 1. The highest BCUT2D eigenvalue weighted by Crippen LogP contribution is 2.32. The van der Waals surface area contributed by atoms with Gasteiger partial charge in [0.1, 0.15) is 6.10 Å². The number of hydrogen-bond donors (Lipinski definition) is 2. The monoisotopic (exact) mass is 424 g/mol. The first-order valence-electron chi connectivity index (χ1n) is 11.5. The second kappa shape index (κ2) is 9.83. The van der Waals surface area contributed by atoms with Crippen molar-refractivity contribution in [3.05, 3.63) is 53.9 Å². The predicted octanol–water partition coefficient (Wildman–Crippen LogP) is 3.03. The van der Waals surface area contributed by atoms with Gasteiger partial charge in [-0.3, -0.25) is 9.67 Å². The van der Waals surface area contributed by atoms with Crippen molar-refractivity contribution >= 4 is 5.96 Å². The van der Waals surface area contributed by atoms with Gasteiger partial charge in [0, 0.05) is 50.5 Å². The molecule has 0 amide bonds. The van der Waals surface area contributed by atoms with Gasteiger partial charge in [-0.2, -0.15) is 5.10 Å². The van der Waals surface area contributed by atoms with Gasteiger partial charge in [0.05, 0.1) is 19.3 Å². The molecule has 7 heteroatoms. The van der Waals surface area contributed by atoms with E-state index in [1.807, 2.05) is 31.2 Å². The Morgan fingerprint density at radius 3 is 2.74 bits per heavy atom. The quantitative estimate of drug-likeness (QED) is 0.551. The Labute approximate surface area is 185 Å². The van der Waals surface area contributed by atoms with Crippen molar-refractivity contribution in [3.63, 3.8) is 0 Å². The lowest BCUT2D eigenvalue weighted by Crippen LogP contribution is -2.56. The van der Waals surface area contributed by atoms with Gasteiger partial charge in [-0.1, -0.05) is 43.2 Å². The lowest BCUT2D eigenvalue weighted by molar-refractivity contribution is -0.00814. The molecular formula is C24H36N6O. The summed E-state index contributed by atoms with van der Waals surface area (Å²) in [5, 5.41) is 11.9. The van der Waals surface area contributed by atoms with Crippen molar-refractivity contribution in [2.45, 2.75) is 50.3 Å². The number of aryl methyl sites for hydroxylation is 1. The second-order valence-corrected chi connectivity index (χ2v) is 8.92. The van der Waals surface area contributed by atoms with Gasteiger partial charge in [-0.25, -0.2) is 0 Å². The summed E-state index contributed by atoms with van der Waals surface area (Å²) in [6, 6.07) is 11.0. The van der Waals surface area contributed by atoms with E-state index in [1.54, 1.807) is 0 Å². The van der Waals surface area contributed by atoms with Crippen molar-refractivity contribution < 1.29 is 4.74 Å². The average molecular weight is 425 g/mol. The summed E-state index contributed by atoms with van der Waals surface area (Å²) in [5.41, 5.74) is 2.55. The van der Waals surface area contributed by atoms with Crippen molar-refractivity contribution in [2.24, 2.45) is 12.0 Å². The molecule has 1 aromatic carbocycles. The molecule has 0 radical (unpaired) electrons. The van der Waals surface area contributed by atoms with E-state index in [0.717, 1.165) is 31.2 Å². The van der Waals surface area contributed by atoms with E-state index in [-0.39, 0.29) is 11.6 Å². The molecule has 0 spiro atoms. The molecule has 2 heterocycles. The third kappa shape index (κ3) is 5.28. The number of rotatable bonds is 6. The molecule has 1 aliphatic heterocycles. The number of guanidine groups is 1. The molecule has 2 unspecified atom stereocenters. The van der Waals surface area contributed by atoms with Crippen molar-refractivity contribution in [1.82, 2.24) is 25.3 Å². The molecule has 2 aliphatic rings. The Bertz CT molecular complexity index is 858. The van der Waals surface area contributed by atoms with Crippen LogP contribution in [-0.4, -0.2) is 59.5 Å². The summed E-state index contributed by atoms with van der Waals surface area (Å²) in [6.45, 7) is 5.47. The van der Waals surface area contributed by atoms with Crippen LogP contribution in [0.4, 0.5) is 0 Å². The van der Waals surface area contributed by atoms with Crippen molar-refractivity contribution in [2.75, 3.05) is 33.3 Å².